The fraction of sp³-hybridized carbons (Fsp3) is 0.552. The minimum absolute atomic E-state index is 0.154. The molecule has 33 heavy (non-hydrogen) atoms. The second-order valence-electron chi connectivity index (χ2n) is 10.8. The molecule has 0 bridgehead atoms. The van der Waals surface area contributed by atoms with Gasteiger partial charge in [0, 0.05) is 32.7 Å². The highest BCUT2D eigenvalue weighted by molar-refractivity contribution is 5.80. The van der Waals surface area contributed by atoms with Crippen LogP contribution in [0, 0.1) is 23.7 Å². The van der Waals surface area contributed by atoms with Gasteiger partial charge in [0.25, 0.3) is 0 Å². The first kappa shape index (κ1) is 24.0. The van der Waals surface area contributed by atoms with E-state index in [2.05, 4.69) is 79.1 Å². The first-order valence-electron chi connectivity index (χ1n) is 12.7. The van der Waals surface area contributed by atoms with Gasteiger partial charge in [0.1, 0.15) is 5.54 Å². The van der Waals surface area contributed by atoms with Crippen molar-refractivity contribution in [1.29, 1.82) is 0 Å². The Bertz CT molecular complexity index is 900. The Balaban J connectivity index is 1.72. The maximum Gasteiger partial charge on any atom is 0.325 e. The molecule has 1 saturated heterocycles. The van der Waals surface area contributed by atoms with Gasteiger partial charge < -0.3 is 5.11 Å². The molecule has 4 atom stereocenters. The molecular weight excluding hydrogens is 408 g/mol. The number of carbonyl (C=O) groups is 1. The van der Waals surface area contributed by atoms with Gasteiger partial charge in [0.05, 0.1) is 0 Å². The lowest BCUT2D eigenvalue weighted by Gasteiger charge is -2.56. The monoisotopic (exact) mass is 448 g/mol. The average molecular weight is 449 g/mol. The first-order chi connectivity index (χ1) is 15.9. The lowest BCUT2D eigenvalue weighted by molar-refractivity contribution is -0.171. The quantitative estimate of drug-likeness (QED) is 0.604. The van der Waals surface area contributed by atoms with Crippen molar-refractivity contribution in [2.45, 2.75) is 58.7 Å². The van der Waals surface area contributed by atoms with Crippen LogP contribution in [-0.2, 0) is 17.9 Å². The number of carboxylic acid groups (broad SMARTS) is 1. The summed E-state index contributed by atoms with van der Waals surface area (Å²) < 4.78 is 0. The van der Waals surface area contributed by atoms with Gasteiger partial charge >= 0.3 is 5.97 Å². The van der Waals surface area contributed by atoms with E-state index < -0.39 is 11.5 Å². The van der Waals surface area contributed by atoms with Crippen LogP contribution in [0.5, 0.6) is 0 Å². The predicted molar refractivity (Wildman–Crippen MR) is 134 cm³/mol. The van der Waals surface area contributed by atoms with Crippen molar-refractivity contribution in [3.63, 3.8) is 0 Å². The number of carboxylic acids is 1. The molecule has 2 fully saturated rings. The van der Waals surface area contributed by atoms with E-state index in [9.17, 15) is 9.90 Å². The summed E-state index contributed by atoms with van der Waals surface area (Å²) in [6, 6.07) is 20.9. The minimum Gasteiger partial charge on any atom is -0.480 e. The molecule has 3 unspecified atom stereocenters. The zero-order chi connectivity index (χ0) is 23.4. The third-order valence-electron chi connectivity index (χ3n) is 8.19. The van der Waals surface area contributed by atoms with Gasteiger partial charge in [0.2, 0.25) is 0 Å². The third kappa shape index (κ3) is 5.17. The molecule has 2 aliphatic rings. The van der Waals surface area contributed by atoms with E-state index in [0.717, 1.165) is 32.5 Å². The Labute approximate surface area is 199 Å². The van der Waals surface area contributed by atoms with Gasteiger partial charge in [-0.25, -0.2) is 0 Å². The summed E-state index contributed by atoms with van der Waals surface area (Å²) in [5, 5.41) is 11.0. The number of benzene rings is 2. The minimum atomic E-state index is -0.869. The predicted octanol–water partition coefficient (Wildman–Crippen LogP) is 5.54. The van der Waals surface area contributed by atoms with E-state index in [1.165, 1.54) is 17.5 Å². The molecule has 4 heteroatoms. The fourth-order valence-electron chi connectivity index (χ4n) is 6.45. The molecule has 0 aromatic heterocycles. The fourth-order valence-corrected chi connectivity index (χ4v) is 6.45. The second kappa shape index (κ2) is 10.4. The summed E-state index contributed by atoms with van der Waals surface area (Å²) in [4.78, 5) is 18.1. The first-order valence-corrected chi connectivity index (χ1v) is 12.7. The van der Waals surface area contributed by atoms with E-state index in [4.69, 9.17) is 0 Å². The normalized spacial score (nSPS) is 29.3. The van der Waals surface area contributed by atoms with Crippen LogP contribution >= 0.6 is 0 Å². The summed E-state index contributed by atoms with van der Waals surface area (Å²) >= 11 is 0. The highest BCUT2D eigenvalue weighted by Crippen LogP contribution is 2.47. The van der Waals surface area contributed by atoms with Crippen LogP contribution in [0.15, 0.2) is 60.7 Å². The molecule has 4 rings (SSSR count). The molecule has 0 radical (unpaired) electrons. The van der Waals surface area contributed by atoms with E-state index in [-0.39, 0.29) is 5.92 Å². The summed E-state index contributed by atoms with van der Waals surface area (Å²) in [6.07, 6.45) is 3.34. The lowest BCUT2D eigenvalue weighted by atomic mass is 9.61. The molecule has 2 aromatic carbocycles. The molecule has 1 heterocycles. The number of piperazine rings is 1. The summed E-state index contributed by atoms with van der Waals surface area (Å²) in [6.45, 7) is 10.7. The van der Waals surface area contributed by atoms with Crippen LogP contribution in [0.1, 0.15) is 51.2 Å². The van der Waals surface area contributed by atoms with Crippen LogP contribution in [0.4, 0.5) is 0 Å². The van der Waals surface area contributed by atoms with Crippen molar-refractivity contribution in [3.05, 3.63) is 71.8 Å². The van der Waals surface area contributed by atoms with Crippen molar-refractivity contribution < 1.29 is 9.90 Å². The molecule has 178 valence electrons. The van der Waals surface area contributed by atoms with E-state index in [1.807, 2.05) is 12.1 Å². The Morgan fingerprint density at radius 2 is 1.58 bits per heavy atom. The smallest absolute Gasteiger partial charge is 0.325 e. The highest BCUT2D eigenvalue weighted by Gasteiger charge is 2.56. The number of aliphatic carboxylic acids is 1. The molecule has 0 amide bonds. The van der Waals surface area contributed by atoms with E-state index in [1.54, 1.807) is 0 Å². The van der Waals surface area contributed by atoms with Crippen LogP contribution in [0.3, 0.4) is 0 Å². The van der Waals surface area contributed by atoms with E-state index >= 15 is 0 Å². The number of hydrogen-bond acceptors (Lipinski definition) is 3. The van der Waals surface area contributed by atoms with Crippen molar-refractivity contribution in [3.8, 4) is 0 Å². The van der Waals surface area contributed by atoms with Gasteiger partial charge in [-0.1, -0.05) is 87.9 Å². The van der Waals surface area contributed by atoms with Gasteiger partial charge in [-0.3, -0.25) is 14.6 Å². The van der Waals surface area contributed by atoms with Gasteiger partial charge in [-0.15, -0.1) is 0 Å². The molecule has 2 aromatic rings. The van der Waals surface area contributed by atoms with Crippen LogP contribution in [0.2, 0.25) is 0 Å². The molecule has 1 N–H and O–H groups in total. The summed E-state index contributed by atoms with van der Waals surface area (Å²) in [5.41, 5.74) is 1.59. The van der Waals surface area contributed by atoms with Crippen LogP contribution < -0.4 is 0 Å². The van der Waals surface area contributed by atoms with Crippen molar-refractivity contribution in [1.82, 2.24) is 9.80 Å². The SMILES string of the molecule is CC1CCC(C(C)C)C([C@]2(C(=O)O)CN(Cc3ccccc3)CCN2Cc2ccccc2)C1. The molecular formula is C29H40N2O2. The Kier molecular flexibility index (Phi) is 7.55. The largest absolute Gasteiger partial charge is 0.480 e. The van der Waals surface area contributed by atoms with Gasteiger partial charge in [-0.2, -0.15) is 0 Å². The number of hydrogen-bond donors (Lipinski definition) is 1. The lowest BCUT2D eigenvalue weighted by Crippen LogP contribution is -2.70. The summed E-state index contributed by atoms with van der Waals surface area (Å²) in [7, 11) is 0. The average Bonchev–Trinajstić information content (AvgIpc) is 2.81. The summed E-state index contributed by atoms with van der Waals surface area (Å²) in [5.74, 6) is 1.01. The molecule has 1 saturated carbocycles. The standard InChI is InChI=1S/C29H40N2O2/c1-22(2)26-15-14-23(3)18-27(26)29(28(32)33)21-30(19-24-10-6-4-7-11-24)16-17-31(29)20-25-12-8-5-9-13-25/h4-13,22-23,26-27H,14-21H2,1-3H3,(H,32,33)/t23?,26?,27?,29-/m0/s1. The highest BCUT2D eigenvalue weighted by atomic mass is 16.4. The van der Waals surface area contributed by atoms with Gasteiger partial charge in [-0.05, 0) is 47.6 Å². The maximum atomic E-state index is 13.4. The van der Waals surface area contributed by atoms with Crippen LogP contribution in [0.25, 0.3) is 0 Å². The molecule has 1 aliphatic heterocycles. The van der Waals surface area contributed by atoms with Gasteiger partial charge in [0.15, 0.2) is 0 Å². The van der Waals surface area contributed by atoms with Crippen molar-refractivity contribution in [2.24, 2.45) is 23.7 Å². The number of nitrogens with zero attached hydrogens (tertiary/aromatic N) is 2. The Morgan fingerprint density at radius 1 is 0.970 bits per heavy atom. The number of rotatable bonds is 7. The third-order valence-corrected chi connectivity index (χ3v) is 8.19. The Morgan fingerprint density at radius 3 is 2.15 bits per heavy atom. The van der Waals surface area contributed by atoms with Crippen molar-refractivity contribution in [2.75, 3.05) is 19.6 Å². The van der Waals surface area contributed by atoms with Crippen molar-refractivity contribution >= 4 is 5.97 Å². The second-order valence-corrected chi connectivity index (χ2v) is 10.8. The zero-order valence-electron chi connectivity index (χ0n) is 20.5. The Hall–Kier alpha value is -2.17. The molecule has 4 nitrogen and oxygen atoms in total. The molecule has 0 spiro atoms. The van der Waals surface area contributed by atoms with Crippen LogP contribution in [-0.4, -0.2) is 46.0 Å². The van der Waals surface area contributed by atoms with E-state index in [0.29, 0.717) is 30.8 Å². The maximum absolute atomic E-state index is 13.4. The zero-order valence-corrected chi connectivity index (χ0v) is 20.5. The molecule has 1 aliphatic carbocycles. The topological polar surface area (TPSA) is 43.8 Å².